The molecule has 2 aromatic heterocycles. The topological polar surface area (TPSA) is 71.1 Å². The highest BCUT2D eigenvalue weighted by molar-refractivity contribution is 6.00. The highest BCUT2D eigenvalue weighted by Crippen LogP contribution is 2.25. The molecular weight excluding hydrogens is 424 g/mol. The van der Waals surface area contributed by atoms with E-state index in [-0.39, 0.29) is 5.78 Å². The number of nitrogens with zero attached hydrogens (tertiary/aromatic N) is 3. The zero-order valence-electron chi connectivity index (χ0n) is 18.7. The summed E-state index contributed by atoms with van der Waals surface area (Å²) in [5, 5.41) is 1.05. The van der Waals surface area contributed by atoms with Crippen molar-refractivity contribution >= 4 is 33.5 Å². The predicted molar refractivity (Wildman–Crippen MR) is 134 cm³/mol. The highest BCUT2D eigenvalue weighted by atomic mass is 16.5. The maximum atomic E-state index is 12.8. The Balaban J connectivity index is 1.21. The van der Waals surface area contributed by atoms with Gasteiger partial charge in [0.15, 0.2) is 5.78 Å². The lowest BCUT2D eigenvalue weighted by atomic mass is 10.0. The van der Waals surface area contributed by atoms with Gasteiger partial charge < -0.3 is 14.6 Å². The lowest BCUT2D eigenvalue weighted by Crippen LogP contribution is -2.36. The van der Waals surface area contributed by atoms with Crippen molar-refractivity contribution in [2.45, 2.75) is 6.42 Å². The molecule has 0 atom stereocenters. The molecule has 6 rings (SSSR count). The monoisotopic (exact) mass is 448 g/mol. The van der Waals surface area contributed by atoms with Gasteiger partial charge in [-0.2, -0.15) is 0 Å². The SMILES string of the molecule is O=C(Cc1ccc(-c2ccc3ncc(N4CCOCC4)nc3c2)cc1)c1cc2ccccc2[nH]1. The molecule has 1 saturated heterocycles. The van der Waals surface area contributed by atoms with Gasteiger partial charge >= 0.3 is 0 Å². The van der Waals surface area contributed by atoms with Gasteiger partial charge in [-0.25, -0.2) is 4.98 Å². The van der Waals surface area contributed by atoms with Gasteiger partial charge in [0, 0.05) is 30.4 Å². The van der Waals surface area contributed by atoms with Crippen LogP contribution in [-0.4, -0.2) is 47.0 Å². The fourth-order valence-corrected chi connectivity index (χ4v) is 4.45. The molecular formula is C28H24N4O2. The largest absolute Gasteiger partial charge is 0.378 e. The van der Waals surface area contributed by atoms with Crippen LogP contribution in [0.15, 0.2) is 79.0 Å². The third-order valence-electron chi connectivity index (χ3n) is 6.35. The summed E-state index contributed by atoms with van der Waals surface area (Å²) < 4.78 is 5.45. The minimum Gasteiger partial charge on any atom is -0.378 e. The first-order chi connectivity index (χ1) is 16.7. The first-order valence-electron chi connectivity index (χ1n) is 11.5. The number of morpholine rings is 1. The van der Waals surface area contributed by atoms with Crippen molar-refractivity contribution in [1.82, 2.24) is 15.0 Å². The lowest BCUT2D eigenvalue weighted by Gasteiger charge is -2.27. The van der Waals surface area contributed by atoms with Crippen molar-refractivity contribution in [2.75, 3.05) is 31.2 Å². The first-order valence-corrected chi connectivity index (χ1v) is 11.5. The minimum atomic E-state index is 0.0839. The smallest absolute Gasteiger partial charge is 0.183 e. The Hall–Kier alpha value is -4.03. The van der Waals surface area contributed by atoms with E-state index in [1.807, 2.05) is 54.7 Å². The number of aromatic nitrogens is 3. The van der Waals surface area contributed by atoms with E-state index in [1.165, 1.54) is 0 Å². The Morgan fingerprint density at radius 2 is 1.71 bits per heavy atom. The molecule has 1 aliphatic rings. The molecule has 0 spiro atoms. The molecule has 168 valence electrons. The number of ether oxygens (including phenoxy) is 1. The molecule has 0 unspecified atom stereocenters. The summed E-state index contributed by atoms with van der Waals surface area (Å²) in [7, 11) is 0. The van der Waals surface area contributed by atoms with Gasteiger partial charge in [-0.1, -0.05) is 48.5 Å². The van der Waals surface area contributed by atoms with Gasteiger partial charge in [0.2, 0.25) is 0 Å². The Morgan fingerprint density at radius 3 is 2.53 bits per heavy atom. The second-order valence-electron chi connectivity index (χ2n) is 8.60. The number of hydrogen-bond acceptors (Lipinski definition) is 5. The van der Waals surface area contributed by atoms with Crippen molar-refractivity contribution in [3.8, 4) is 11.1 Å². The summed E-state index contributed by atoms with van der Waals surface area (Å²) in [5.74, 6) is 0.972. The van der Waals surface area contributed by atoms with Crippen LogP contribution in [0.2, 0.25) is 0 Å². The molecule has 0 bridgehead atoms. The molecule has 0 radical (unpaired) electrons. The molecule has 0 amide bonds. The van der Waals surface area contributed by atoms with Crippen LogP contribution in [0.5, 0.6) is 0 Å². The van der Waals surface area contributed by atoms with Crippen LogP contribution >= 0.6 is 0 Å². The van der Waals surface area contributed by atoms with E-state index in [0.717, 1.165) is 70.7 Å². The second kappa shape index (κ2) is 8.72. The van der Waals surface area contributed by atoms with Gasteiger partial charge in [0.05, 0.1) is 36.1 Å². The predicted octanol–water partition coefficient (Wildman–Crippen LogP) is 5.04. The van der Waals surface area contributed by atoms with Gasteiger partial charge in [-0.15, -0.1) is 0 Å². The van der Waals surface area contributed by atoms with Crippen LogP contribution in [0.3, 0.4) is 0 Å². The first kappa shape index (κ1) is 20.6. The molecule has 6 nitrogen and oxygen atoms in total. The molecule has 1 aliphatic heterocycles. The number of Topliss-reactive ketones (excluding diaryl/α,β-unsaturated/α-hetero) is 1. The molecule has 3 aromatic carbocycles. The summed E-state index contributed by atoms with van der Waals surface area (Å²) in [6.45, 7) is 3.10. The summed E-state index contributed by atoms with van der Waals surface area (Å²) >= 11 is 0. The maximum Gasteiger partial charge on any atom is 0.183 e. The van der Waals surface area contributed by atoms with Crippen molar-refractivity contribution in [3.63, 3.8) is 0 Å². The highest BCUT2D eigenvalue weighted by Gasteiger charge is 2.14. The molecule has 5 aromatic rings. The van der Waals surface area contributed by atoms with Crippen LogP contribution in [0.25, 0.3) is 33.1 Å². The number of H-pyrrole nitrogens is 1. The van der Waals surface area contributed by atoms with Gasteiger partial charge in [-0.3, -0.25) is 9.78 Å². The van der Waals surface area contributed by atoms with Gasteiger partial charge in [0.1, 0.15) is 5.82 Å². The number of carbonyl (C=O) groups excluding carboxylic acids is 1. The van der Waals surface area contributed by atoms with E-state index in [0.29, 0.717) is 12.1 Å². The van der Waals surface area contributed by atoms with E-state index < -0.39 is 0 Å². The van der Waals surface area contributed by atoms with E-state index in [4.69, 9.17) is 9.72 Å². The number of benzene rings is 3. The van der Waals surface area contributed by atoms with Crippen LogP contribution in [0.4, 0.5) is 5.82 Å². The number of nitrogens with one attached hydrogen (secondary N) is 1. The number of aromatic amines is 1. The number of rotatable bonds is 5. The van der Waals surface area contributed by atoms with E-state index in [2.05, 4.69) is 39.1 Å². The van der Waals surface area contributed by atoms with Crippen molar-refractivity contribution in [2.24, 2.45) is 0 Å². The third kappa shape index (κ3) is 4.04. The van der Waals surface area contributed by atoms with Crippen LogP contribution in [0.1, 0.15) is 16.1 Å². The third-order valence-corrected chi connectivity index (χ3v) is 6.35. The van der Waals surface area contributed by atoms with Crippen molar-refractivity contribution < 1.29 is 9.53 Å². The van der Waals surface area contributed by atoms with Crippen LogP contribution < -0.4 is 4.90 Å². The number of fused-ring (bicyclic) bond motifs is 2. The summed E-state index contributed by atoms with van der Waals surface area (Å²) in [4.78, 5) is 27.7. The average Bonchev–Trinajstić information content (AvgIpc) is 3.34. The van der Waals surface area contributed by atoms with Crippen LogP contribution in [-0.2, 0) is 11.2 Å². The molecule has 34 heavy (non-hydrogen) atoms. The van der Waals surface area contributed by atoms with Gasteiger partial charge in [0.25, 0.3) is 0 Å². The Labute approximate surface area is 197 Å². The molecule has 0 saturated carbocycles. The lowest BCUT2D eigenvalue weighted by molar-refractivity contribution is 0.0989. The van der Waals surface area contributed by atoms with Crippen molar-refractivity contribution in [1.29, 1.82) is 0 Å². The number of anilines is 1. The maximum absolute atomic E-state index is 12.8. The van der Waals surface area contributed by atoms with E-state index >= 15 is 0 Å². The number of hydrogen-bond donors (Lipinski definition) is 1. The summed E-state index contributed by atoms with van der Waals surface area (Å²) in [6, 6.07) is 24.2. The Morgan fingerprint density at radius 1 is 0.912 bits per heavy atom. The van der Waals surface area contributed by atoms with E-state index in [1.54, 1.807) is 0 Å². The Bertz CT molecular complexity index is 1450. The van der Waals surface area contributed by atoms with E-state index in [9.17, 15) is 4.79 Å². The molecule has 1 fully saturated rings. The van der Waals surface area contributed by atoms with Crippen LogP contribution in [0, 0.1) is 0 Å². The Kier molecular flexibility index (Phi) is 5.28. The normalized spacial score (nSPS) is 14.1. The molecule has 0 aliphatic carbocycles. The zero-order chi connectivity index (χ0) is 22.9. The number of carbonyl (C=O) groups is 1. The average molecular weight is 449 g/mol. The molecule has 3 heterocycles. The zero-order valence-corrected chi connectivity index (χ0v) is 18.7. The van der Waals surface area contributed by atoms with Gasteiger partial charge in [-0.05, 0) is 41.0 Å². The fraction of sp³-hybridized carbons (Fsp3) is 0.179. The quantitative estimate of drug-likeness (QED) is 0.382. The van der Waals surface area contributed by atoms with Crippen molar-refractivity contribution in [3.05, 3.63) is 90.3 Å². The second-order valence-corrected chi connectivity index (χ2v) is 8.60. The summed E-state index contributed by atoms with van der Waals surface area (Å²) in [6.07, 6.45) is 2.20. The summed E-state index contributed by atoms with van der Waals surface area (Å²) in [5.41, 5.74) is 6.53. The standard InChI is InChI=1S/C28H24N4O2/c33-27(26-17-22-3-1-2-4-23(22)30-26)15-19-5-7-20(8-6-19)21-9-10-24-25(16-21)31-28(18-29-24)32-11-13-34-14-12-32/h1-10,16-18,30H,11-15H2. The minimum absolute atomic E-state index is 0.0839. The number of para-hydroxylation sites is 1. The molecule has 1 N–H and O–H groups in total. The fourth-order valence-electron chi connectivity index (χ4n) is 4.45. The number of ketones is 1. The molecule has 6 heteroatoms.